The number of esters is 4. The number of hydrogen-bond acceptors (Lipinski definition) is 15. The van der Waals surface area contributed by atoms with Gasteiger partial charge in [-0.25, -0.2) is 9.13 Å². The van der Waals surface area contributed by atoms with Crippen LogP contribution in [0.4, 0.5) is 0 Å². The van der Waals surface area contributed by atoms with Crippen LogP contribution in [0.1, 0.15) is 452 Å². The molecule has 618 valence electrons. The maximum Gasteiger partial charge on any atom is 0.472 e. The number of carbonyl (C=O) groups is 4. The molecule has 3 N–H and O–H groups in total. The topological polar surface area (TPSA) is 237 Å². The lowest BCUT2D eigenvalue weighted by molar-refractivity contribution is -0.161. The molecule has 0 spiro atoms. The fourth-order valence-electron chi connectivity index (χ4n) is 13.2. The van der Waals surface area contributed by atoms with E-state index in [1.807, 2.05) is 0 Å². The molecule has 0 bridgehead atoms. The van der Waals surface area contributed by atoms with Crippen molar-refractivity contribution in [3.63, 3.8) is 0 Å². The Bertz CT molecular complexity index is 1990. The fourth-order valence-corrected chi connectivity index (χ4v) is 14.8. The highest BCUT2D eigenvalue weighted by Gasteiger charge is 2.30. The number of aliphatic hydroxyl groups is 1. The predicted octanol–water partition coefficient (Wildman–Crippen LogP) is 25.8. The van der Waals surface area contributed by atoms with E-state index >= 15 is 0 Å². The summed E-state index contributed by atoms with van der Waals surface area (Å²) in [6.07, 6.45) is 68.1. The maximum absolute atomic E-state index is 13.1. The normalized spacial score (nSPS) is 13.8. The summed E-state index contributed by atoms with van der Waals surface area (Å²) in [5, 5.41) is 10.7. The van der Waals surface area contributed by atoms with Crippen molar-refractivity contribution < 1.29 is 80.2 Å². The fraction of sp³-hybridized carbons (Fsp3) is 0.953. The molecule has 0 fully saturated rings. The molecule has 0 aromatic heterocycles. The van der Waals surface area contributed by atoms with Crippen LogP contribution in [0.15, 0.2) is 0 Å². The molecule has 19 heteroatoms. The van der Waals surface area contributed by atoms with E-state index in [9.17, 15) is 43.2 Å². The Kier molecular flexibility index (Phi) is 75.0. The summed E-state index contributed by atoms with van der Waals surface area (Å²) in [4.78, 5) is 73.1. The number of carbonyl (C=O) groups excluding carboxylic acids is 4. The van der Waals surface area contributed by atoms with E-state index in [1.54, 1.807) is 0 Å². The highest BCUT2D eigenvalue weighted by atomic mass is 31.2. The van der Waals surface area contributed by atoms with E-state index in [1.165, 1.54) is 270 Å². The molecular weight excluding hydrogens is 1350 g/mol. The minimum atomic E-state index is -4.96. The Morgan fingerprint density at radius 2 is 0.442 bits per heavy atom. The molecule has 0 amide bonds. The zero-order chi connectivity index (χ0) is 76.4. The third-order valence-corrected chi connectivity index (χ3v) is 21.9. The van der Waals surface area contributed by atoms with Crippen LogP contribution < -0.4 is 0 Å². The molecule has 5 atom stereocenters. The van der Waals surface area contributed by atoms with Gasteiger partial charge in [0.15, 0.2) is 12.2 Å². The second kappa shape index (κ2) is 76.4. The van der Waals surface area contributed by atoms with Crippen LogP contribution in [-0.2, 0) is 65.4 Å². The van der Waals surface area contributed by atoms with Gasteiger partial charge in [-0.1, -0.05) is 401 Å². The van der Waals surface area contributed by atoms with Crippen LogP contribution in [0.25, 0.3) is 0 Å². The summed E-state index contributed by atoms with van der Waals surface area (Å²) in [5.41, 5.74) is 0. The number of aliphatic hydroxyl groups excluding tert-OH is 1. The van der Waals surface area contributed by atoms with Crippen molar-refractivity contribution in [2.45, 2.75) is 471 Å². The zero-order valence-corrected chi connectivity index (χ0v) is 70.1. The molecule has 0 aromatic carbocycles. The summed E-state index contributed by atoms with van der Waals surface area (Å²) < 4.78 is 68.8. The van der Waals surface area contributed by atoms with Gasteiger partial charge in [-0.15, -0.1) is 0 Å². The van der Waals surface area contributed by atoms with E-state index in [-0.39, 0.29) is 25.7 Å². The highest BCUT2D eigenvalue weighted by Crippen LogP contribution is 2.45. The summed E-state index contributed by atoms with van der Waals surface area (Å²) in [6, 6.07) is 0. The number of phosphoric acid groups is 2. The van der Waals surface area contributed by atoms with Crippen LogP contribution in [0.3, 0.4) is 0 Å². The molecule has 17 nitrogen and oxygen atoms in total. The van der Waals surface area contributed by atoms with Gasteiger partial charge < -0.3 is 33.8 Å². The van der Waals surface area contributed by atoms with E-state index < -0.39 is 97.5 Å². The summed E-state index contributed by atoms with van der Waals surface area (Å²) in [5.74, 6) is -0.460. The van der Waals surface area contributed by atoms with E-state index in [2.05, 4.69) is 41.5 Å². The predicted molar refractivity (Wildman–Crippen MR) is 428 cm³/mol. The average Bonchev–Trinajstić information content (AvgIpc) is 0.905. The van der Waals surface area contributed by atoms with Crippen molar-refractivity contribution >= 4 is 39.5 Å². The molecule has 0 aliphatic carbocycles. The Morgan fingerprint density at radius 3 is 0.654 bits per heavy atom. The van der Waals surface area contributed by atoms with E-state index in [0.717, 1.165) is 102 Å². The lowest BCUT2D eigenvalue weighted by Crippen LogP contribution is -2.30. The maximum atomic E-state index is 13.1. The first-order chi connectivity index (χ1) is 50.4. The zero-order valence-electron chi connectivity index (χ0n) is 68.3. The first-order valence-corrected chi connectivity index (χ1v) is 47.0. The van der Waals surface area contributed by atoms with E-state index in [4.69, 9.17) is 37.0 Å². The van der Waals surface area contributed by atoms with Crippen molar-refractivity contribution in [1.29, 1.82) is 0 Å². The van der Waals surface area contributed by atoms with Crippen molar-refractivity contribution in [3.05, 3.63) is 0 Å². The van der Waals surface area contributed by atoms with Gasteiger partial charge in [-0.3, -0.25) is 37.3 Å². The Balaban J connectivity index is 5.19. The summed E-state index contributed by atoms with van der Waals surface area (Å²) >= 11 is 0. The Hall–Kier alpha value is -1.94. The van der Waals surface area contributed by atoms with E-state index in [0.29, 0.717) is 25.7 Å². The minimum Gasteiger partial charge on any atom is -0.462 e. The number of rotatable bonds is 84. The van der Waals surface area contributed by atoms with Crippen molar-refractivity contribution in [2.75, 3.05) is 39.6 Å². The van der Waals surface area contributed by atoms with Crippen molar-refractivity contribution in [2.24, 2.45) is 11.8 Å². The van der Waals surface area contributed by atoms with Crippen molar-refractivity contribution in [3.8, 4) is 0 Å². The Labute approximate surface area is 638 Å². The standard InChI is InChI=1S/C85H166O17P2/c1-7-9-11-13-15-17-35-43-49-55-61-67-82(87)95-73-80(101-84(89)69-63-57-51-45-36-18-16-14-12-10-8-2)75-99-103(91,92)97-71-79(86)72-98-104(93,94)100-76-81(102-85(90)70-64-58-52-46-40-34-30-26-22-20-24-28-32-38-42-48-54-60-66-78(5)6)74-96-83(88)68-62-56-50-44-39-33-29-25-21-19-23-27-31-37-41-47-53-59-65-77(3)4/h77-81,86H,7-76H2,1-6H3,(H,91,92)(H,93,94)/t79-,80+,81+/m0/s1. The minimum absolute atomic E-state index is 0.107. The smallest absolute Gasteiger partial charge is 0.462 e. The van der Waals surface area contributed by atoms with Crippen LogP contribution >= 0.6 is 15.6 Å². The number of unbranched alkanes of at least 4 members (excludes halogenated alkanes) is 54. The highest BCUT2D eigenvalue weighted by molar-refractivity contribution is 7.47. The first kappa shape index (κ1) is 102. The van der Waals surface area contributed by atoms with Gasteiger partial charge in [0.1, 0.15) is 19.3 Å². The van der Waals surface area contributed by atoms with Gasteiger partial charge in [-0.2, -0.15) is 0 Å². The van der Waals surface area contributed by atoms with Crippen LogP contribution in [0, 0.1) is 11.8 Å². The van der Waals surface area contributed by atoms with Gasteiger partial charge in [0.05, 0.1) is 26.4 Å². The van der Waals surface area contributed by atoms with Crippen LogP contribution in [-0.4, -0.2) is 96.7 Å². The van der Waals surface area contributed by atoms with Gasteiger partial charge in [0, 0.05) is 25.7 Å². The molecule has 0 aliphatic heterocycles. The molecule has 0 saturated carbocycles. The third kappa shape index (κ3) is 78.2. The quantitative estimate of drug-likeness (QED) is 0.0222. The van der Waals surface area contributed by atoms with Gasteiger partial charge in [0.25, 0.3) is 0 Å². The van der Waals surface area contributed by atoms with Gasteiger partial charge in [0.2, 0.25) is 0 Å². The number of hydrogen-bond donors (Lipinski definition) is 3. The molecule has 0 rings (SSSR count). The molecule has 0 aliphatic rings. The third-order valence-electron chi connectivity index (χ3n) is 20.0. The lowest BCUT2D eigenvalue weighted by atomic mass is 10.0. The molecule has 0 radical (unpaired) electrons. The average molecular weight is 1520 g/mol. The molecule has 104 heavy (non-hydrogen) atoms. The number of ether oxygens (including phenoxy) is 4. The summed E-state index contributed by atoms with van der Waals surface area (Å²) in [6.45, 7) is 9.72. The van der Waals surface area contributed by atoms with Crippen LogP contribution in [0.5, 0.6) is 0 Å². The Morgan fingerprint density at radius 1 is 0.260 bits per heavy atom. The van der Waals surface area contributed by atoms with Crippen LogP contribution in [0.2, 0.25) is 0 Å². The van der Waals surface area contributed by atoms with Crippen molar-refractivity contribution in [1.82, 2.24) is 0 Å². The van der Waals surface area contributed by atoms with Gasteiger partial charge in [-0.05, 0) is 37.5 Å². The molecule has 2 unspecified atom stereocenters. The second-order valence-corrected chi connectivity index (χ2v) is 34.4. The molecule has 0 heterocycles. The number of phosphoric ester groups is 2. The largest absolute Gasteiger partial charge is 0.472 e. The molecule has 0 saturated heterocycles. The molecule has 0 aromatic rings. The monoisotopic (exact) mass is 1520 g/mol. The summed E-state index contributed by atoms with van der Waals surface area (Å²) in [7, 11) is -9.92. The SMILES string of the molecule is CCCCCCCCCCCCCC(=O)OC[C@H](COP(=O)(O)OC[C@H](O)COP(=O)(O)OC[C@@H](COC(=O)CCCCCCCCCCCCCCCCCCCCC(C)C)OC(=O)CCCCCCCCCCCCCCCCCCCCC(C)C)OC(=O)CCCCCCCCCCCCC. The second-order valence-electron chi connectivity index (χ2n) is 31.5. The first-order valence-electron chi connectivity index (χ1n) is 44.0. The van der Waals surface area contributed by atoms with Gasteiger partial charge >= 0.3 is 39.5 Å². The molecular formula is C85H166O17P2. The lowest BCUT2D eigenvalue weighted by Gasteiger charge is -2.21.